The predicted octanol–water partition coefficient (Wildman–Crippen LogP) is 2.71. The first-order valence-corrected chi connectivity index (χ1v) is 6.94. The zero-order valence-corrected chi connectivity index (χ0v) is 11.5. The normalized spacial score (nSPS) is 16.9. The van der Waals surface area contributed by atoms with Crippen molar-refractivity contribution in [3.8, 4) is 0 Å². The molecule has 2 aromatic carbocycles. The van der Waals surface area contributed by atoms with Gasteiger partial charge >= 0.3 is 0 Å². The number of hydrogen-bond donors (Lipinski definition) is 1. The van der Waals surface area contributed by atoms with E-state index in [9.17, 15) is 4.79 Å². The quantitative estimate of drug-likeness (QED) is 0.926. The van der Waals surface area contributed by atoms with E-state index in [-0.39, 0.29) is 5.91 Å². The molecule has 3 nitrogen and oxygen atoms in total. The lowest BCUT2D eigenvalue weighted by molar-refractivity contribution is -0.120. The van der Waals surface area contributed by atoms with Crippen molar-refractivity contribution in [3.63, 3.8) is 0 Å². The van der Waals surface area contributed by atoms with Crippen LogP contribution in [0.3, 0.4) is 0 Å². The minimum absolute atomic E-state index is 0.0275. The number of benzene rings is 2. The largest absolute Gasteiger partial charge is 0.282 e. The molecule has 3 rings (SSSR count). The summed E-state index contributed by atoms with van der Waals surface area (Å²) >= 11 is 0. The molecule has 102 valence electrons. The van der Waals surface area contributed by atoms with E-state index in [1.54, 1.807) is 0 Å². The Bertz CT molecular complexity index is 609. The second kappa shape index (κ2) is 5.37. The molecule has 0 radical (unpaired) electrons. The number of carbonyl (C=O) groups excluding carboxylic acids is 1. The van der Waals surface area contributed by atoms with Gasteiger partial charge in [0, 0.05) is 0 Å². The van der Waals surface area contributed by atoms with Crippen molar-refractivity contribution in [1.82, 2.24) is 5.43 Å². The van der Waals surface area contributed by atoms with Crippen LogP contribution in [0.4, 0.5) is 5.69 Å². The molecule has 2 aromatic rings. The summed E-state index contributed by atoms with van der Waals surface area (Å²) in [5, 5.41) is 1.99. The van der Waals surface area contributed by atoms with E-state index in [0.717, 1.165) is 17.7 Å². The highest BCUT2D eigenvalue weighted by Crippen LogP contribution is 2.29. The fourth-order valence-corrected chi connectivity index (χ4v) is 2.69. The summed E-state index contributed by atoms with van der Waals surface area (Å²) in [6.45, 7) is 2.13. The Balaban J connectivity index is 1.70. The number of amides is 1. The topological polar surface area (TPSA) is 32.3 Å². The first-order chi connectivity index (χ1) is 9.74. The summed E-state index contributed by atoms with van der Waals surface area (Å²) in [7, 11) is 0. The van der Waals surface area contributed by atoms with Crippen LogP contribution >= 0.6 is 0 Å². The van der Waals surface area contributed by atoms with Crippen LogP contribution in [0.2, 0.25) is 0 Å². The SMILES string of the molecule is C[C@@H]1Cc2ccccc2N1NC(=O)Cc1ccccc1. The summed E-state index contributed by atoms with van der Waals surface area (Å²) in [4.78, 5) is 12.2. The molecule has 1 aliphatic rings. The summed E-state index contributed by atoms with van der Waals surface area (Å²) in [6.07, 6.45) is 1.38. The molecular formula is C17H18N2O. The van der Waals surface area contributed by atoms with Gasteiger partial charge in [-0.15, -0.1) is 0 Å². The number of hydrogen-bond acceptors (Lipinski definition) is 2. The summed E-state index contributed by atoms with van der Waals surface area (Å²) in [6, 6.07) is 18.3. The molecule has 1 atom stereocenters. The van der Waals surface area contributed by atoms with E-state index in [4.69, 9.17) is 0 Å². The fourth-order valence-electron chi connectivity index (χ4n) is 2.69. The average molecular weight is 266 g/mol. The number of nitrogens with zero attached hydrogens (tertiary/aromatic N) is 1. The van der Waals surface area contributed by atoms with Crippen LogP contribution in [0, 0.1) is 0 Å². The van der Waals surface area contributed by atoms with E-state index >= 15 is 0 Å². The van der Waals surface area contributed by atoms with Gasteiger partial charge in [0.15, 0.2) is 0 Å². The van der Waals surface area contributed by atoms with Gasteiger partial charge in [0.25, 0.3) is 0 Å². The molecule has 1 aliphatic heterocycles. The smallest absolute Gasteiger partial charge is 0.242 e. The molecule has 0 spiro atoms. The van der Waals surface area contributed by atoms with E-state index in [2.05, 4.69) is 24.5 Å². The third-order valence-corrected chi connectivity index (χ3v) is 3.66. The van der Waals surface area contributed by atoms with Crippen molar-refractivity contribution in [1.29, 1.82) is 0 Å². The van der Waals surface area contributed by atoms with Crippen LogP contribution in [-0.2, 0) is 17.6 Å². The van der Waals surface area contributed by atoms with Crippen LogP contribution in [0.25, 0.3) is 0 Å². The number of hydrazine groups is 1. The Kier molecular flexibility index (Phi) is 3.42. The van der Waals surface area contributed by atoms with Gasteiger partial charge in [0.1, 0.15) is 0 Å². The summed E-state index contributed by atoms with van der Waals surface area (Å²) < 4.78 is 0. The van der Waals surface area contributed by atoms with Gasteiger partial charge in [-0.05, 0) is 30.5 Å². The summed E-state index contributed by atoms with van der Waals surface area (Å²) in [5.41, 5.74) is 6.46. The van der Waals surface area contributed by atoms with Gasteiger partial charge in [-0.25, -0.2) is 0 Å². The molecule has 1 amide bonds. The van der Waals surface area contributed by atoms with Crippen molar-refractivity contribution in [2.24, 2.45) is 0 Å². The second-order valence-corrected chi connectivity index (χ2v) is 5.25. The maximum absolute atomic E-state index is 12.2. The van der Waals surface area contributed by atoms with Crippen molar-refractivity contribution in [3.05, 3.63) is 65.7 Å². The zero-order valence-electron chi connectivity index (χ0n) is 11.5. The highest BCUT2D eigenvalue weighted by molar-refractivity contribution is 5.81. The Labute approximate surface area is 119 Å². The Morgan fingerprint density at radius 3 is 2.65 bits per heavy atom. The van der Waals surface area contributed by atoms with Gasteiger partial charge in [0.05, 0.1) is 18.2 Å². The van der Waals surface area contributed by atoms with Gasteiger partial charge < -0.3 is 0 Å². The molecule has 0 bridgehead atoms. The Morgan fingerprint density at radius 1 is 1.15 bits per heavy atom. The van der Waals surface area contributed by atoms with Gasteiger partial charge in [-0.1, -0.05) is 48.5 Å². The first-order valence-electron chi connectivity index (χ1n) is 6.94. The lowest BCUT2D eigenvalue weighted by atomic mass is 10.1. The number of carbonyl (C=O) groups is 1. The molecule has 0 unspecified atom stereocenters. The third-order valence-electron chi connectivity index (χ3n) is 3.66. The zero-order chi connectivity index (χ0) is 13.9. The summed E-state index contributed by atoms with van der Waals surface area (Å²) in [5.74, 6) is 0.0275. The van der Waals surface area contributed by atoms with Crippen molar-refractivity contribution < 1.29 is 4.79 Å². The van der Waals surface area contributed by atoms with E-state index in [1.165, 1.54) is 5.56 Å². The monoisotopic (exact) mass is 266 g/mol. The van der Waals surface area contributed by atoms with E-state index in [1.807, 2.05) is 47.5 Å². The molecule has 0 aromatic heterocycles. The van der Waals surface area contributed by atoms with Crippen molar-refractivity contribution in [2.45, 2.75) is 25.8 Å². The van der Waals surface area contributed by atoms with E-state index < -0.39 is 0 Å². The second-order valence-electron chi connectivity index (χ2n) is 5.25. The predicted molar refractivity (Wildman–Crippen MR) is 80.4 cm³/mol. The Hall–Kier alpha value is -2.29. The van der Waals surface area contributed by atoms with Gasteiger partial charge in [0.2, 0.25) is 5.91 Å². The first kappa shape index (κ1) is 12.7. The van der Waals surface area contributed by atoms with Crippen LogP contribution in [-0.4, -0.2) is 11.9 Å². The molecule has 0 saturated heterocycles. The van der Waals surface area contributed by atoms with Gasteiger partial charge in [-0.2, -0.15) is 0 Å². The minimum Gasteiger partial charge on any atom is -0.282 e. The molecule has 3 heteroatoms. The molecular weight excluding hydrogens is 248 g/mol. The third kappa shape index (κ3) is 2.52. The molecule has 0 fully saturated rings. The molecule has 1 heterocycles. The van der Waals surface area contributed by atoms with E-state index in [0.29, 0.717) is 12.5 Å². The molecule has 20 heavy (non-hydrogen) atoms. The molecule has 1 N–H and O–H groups in total. The lowest BCUT2D eigenvalue weighted by Gasteiger charge is -2.25. The van der Waals surface area contributed by atoms with Gasteiger partial charge in [-0.3, -0.25) is 15.2 Å². The number of anilines is 1. The Morgan fingerprint density at radius 2 is 1.85 bits per heavy atom. The minimum atomic E-state index is 0.0275. The number of nitrogens with one attached hydrogen (secondary N) is 1. The van der Waals surface area contributed by atoms with Crippen molar-refractivity contribution >= 4 is 11.6 Å². The standard InChI is InChI=1S/C17H18N2O/c1-13-11-15-9-5-6-10-16(15)19(13)18-17(20)12-14-7-3-2-4-8-14/h2-10,13H,11-12H2,1H3,(H,18,20)/t13-/m1/s1. The molecule has 0 aliphatic carbocycles. The highest BCUT2D eigenvalue weighted by Gasteiger charge is 2.26. The maximum atomic E-state index is 12.2. The average Bonchev–Trinajstić information content (AvgIpc) is 2.76. The number of rotatable bonds is 3. The van der Waals surface area contributed by atoms with Crippen molar-refractivity contribution in [2.75, 3.05) is 5.01 Å². The fraction of sp³-hybridized carbons (Fsp3) is 0.235. The van der Waals surface area contributed by atoms with Crippen LogP contribution in [0.5, 0.6) is 0 Å². The van der Waals surface area contributed by atoms with Crippen LogP contribution in [0.1, 0.15) is 18.1 Å². The highest BCUT2D eigenvalue weighted by atomic mass is 16.2. The lowest BCUT2D eigenvalue weighted by Crippen LogP contribution is -2.46. The number of fused-ring (bicyclic) bond motifs is 1. The molecule has 0 saturated carbocycles. The van der Waals surface area contributed by atoms with Crippen LogP contribution < -0.4 is 10.4 Å². The van der Waals surface area contributed by atoms with Crippen LogP contribution in [0.15, 0.2) is 54.6 Å². The maximum Gasteiger partial charge on any atom is 0.242 e. The number of para-hydroxylation sites is 1.